The smallest absolute Gasteiger partial charge is 0.260 e. The molecule has 1 aliphatic heterocycles. The number of aromatic nitrogens is 3. The molecule has 3 heterocycles. The number of para-hydroxylation sites is 1. The quantitative estimate of drug-likeness (QED) is 0.699. The third-order valence-corrected chi connectivity index (χ3v) is 4.15. The Labute approximate surface area is 148 Å². The molecule has 8 heteroatoms. The molecule has 1 saturated heterocycles. The summed E-state index contributed by atoms with van der Waals surface area (Å²) in [7, 11) is 0. The van der Waals surface area contributed by atoms with Crippen LogP contribution in [0, 0.1) is 5.82 Å². The van der Waals surface area contributed by atoms with Crippen LogP contribution < -0.4 is 4.74 Å². The minimum Gasteiger partial charge on any atom is -0.481 e. The summed E-state index contributed by atoms with van der Waals surface area (Å²) in [5, 5.41) is 3.96. The molecule has 1 aliphatic rings. The van der Waals surface area contributed by atoms with Crippen LogP contribution in [0.4, 0.5) is 4.39 Å². The van der Waals surface area contributed by atoms with E-state index < -0.39 is 5.82 Å². The van der Waals surface area contributed by atoms with E-state index in [1.54, 1.807) is 41.6 Å². The maximum Gasteiger partial charge on any atom is 0.260 e. The fourth-order valence-corrected chi connectivity index (χ4v) is 2.65. The van der Waals surface area contributed by atoms with E-state index in [1.807, 2.05) is 0 Å². The second kappa shape index (κ2) is 6.91. The number of carbonyl (C=O) groups is 1. The average Bonchev–Trinajstić information content (AvgIpc) is 3.10. The number of amides is 1. The molecule has 3 aromatic rings. The van der Waals surface area contributed by atoms with Gasteiger partial charge in [0, 0.05) is 31.0 Å². The number of pyridine rings is 1. The Morgan fingerprint density at radius 2 is 2.00 bits per heavy atom. The van der Waals surface area contributed by atoms with Crippen LogP contribution in [0.5, 0.6) is 5.75 Å². The Morgan fingerprint density at radius 1 is 1.23 bits per heavy atom. The zero-order valence-electron chi connectivity index (χ0n) is 13.7. The van der Waals surface area contributed by atoms with Crippen LogP contribution >= 0.6 is 0 Å². The number of benzene rings is 1. The highest BCUT2D eigenvalue weighted by Crippen LogP contribution is 2.27. The molecule has 0 bridgehead atoms. The van der Waals surface area contributed by atoms with Gasteiger partial charge in [-0.15, -0.1) is 0 Å². The topological polar surface area (TPSA) is 81.4 Å². The molecule has 4 rings (SSSR count). The molecule has 0 spiro atoms. The molecule has 132 valence electrons. The number of nitrogens with zero attached hydrogens (tertiary/aromatic N) is 4. The van der Waals surface area contributed by atoms with E-state index in [9.17, 15) is 9.18 Å². The van der Waals surface area contributed by atoms with Crippen LogP contribution in [0.25, 0.3) is 11.4 Å². The van der Waals surface area contributed by atoms with Gasteiger partial charge >= 0.3 is 0 Å². The van der Waals surface area contributed by atoms with Crippen molar-refractivity contribution in [2.24, 2.45) is 0 Å². The molecule has 0 N–H and O–H groups in total. The molecular formula is C18H15FN4O3. The fourth-order valence-electron chi connectivity index (χ4n) is 2.65. The van der Waals surface area contributed by atoms with Gasteiger partial charge in [-0.1, -0.05) is 17.3 Å². The van der Waals surface area contributed by atoms with Gasteiger partial charge in [0.15, 0.2) is 18.2 Å². The van der Waals surface area contributed by atoms with E-state index >= 15 is 0 Å². The summed E-state index contributed by atoms with van der Waals surface area (Å²) < 4.78 is 24.0. The third kappa shape index (κ3) is 3.26. The van der Waals surface area contributed by atoms with Crippen LogP contribution in [0.15, 0.2) is 53.3 Å². The number of halogens is 1. The van der Waals surface area contributed by atoms with Crippen LogP contribution in [0.1, 0.15) is 11.8 Å². The van der Waals surface area contributed by atoms with Crippen molar-refractivity contribution in [2.45, 2.75) is 5.92 Å². The van der Waals surface area contributed by atoms with E-state index in [-0.39, 0.29) is 24.2 Å². The first-order valence-corrected chi connectivity index (χ1v) is 8.10. The molecule has 26 heavy (non-hydrogen) atoms. The summed E-state index contributed by atoms with van der Waals surface area (Å²) in [5.41, 5.74) is 0.820. The first-order chi connectivity index (χ1) is 12.7. The fraction of sp³-hybridized carbons (Fsp3) is 0.222. The molecule has 1 amide bonds. The van der Waals surface area contributed by atoms with Gasteiger partial charge in [-0.3, -0.25) is 9.78 Å². The molecule has 0 saturated carbocycles. The Bertz CT molecular complexity index is 910. The van der Waals surface area contributed by atoms with Crippen LogP contribution in [-0.4, -0.2) is 45.6 Å². The van der Waals surface area contributed by atoms with Crippen molar-refractivity contribution in [1.82, 2.24) is 20.0 Å². The van der Waals surface area contributed by atoms with Crippen LogP contribution in [-0.2, 0) is 4.79 Å². The highest BCUT2D eigenvalue weighted by atomic mass is 19.1. The monoisotopic (exact) mass is 354 g/mol. The molecule has 2 aromatic heterocycles. The minimum atomic E-state index is -0.490. The van der Waals surface area contributed by atoms with Crippen molar-refractivity contribution in [2.75, 3.05) is 19.7 Å². The van der Waals surface area contributed by atoms with Gasteiger partial charge in [0.1, 0.15) is 0 Å². The number of hydrogen-bond acceptors (Lipinski definition) is 6. The standard InChI is InChI=1S/C18H15FN4O3/c19-14-3-1-2-4-15(14)25-11-16(24)23-9-13(10-23)18-21-17(22-26-18)12-5-7-20-8-6-12/h1-8,13H,9-11H2. The lowest BCUT2D eigenvalue weighted by atomic mass is 10.0. The first kappa shape index (κ1) is 16.2. The van der Waals surface area contributed by atoms with Gasteiger partial charge in [-0.05, 0) is 24.3 Å². The normalized spacial score (nSPS) is 14.1. The Morgan fingerprint density at radius 3 is 2.77 bits per heavy atom. The van der Waals surface area contributed by atoms with Crippen molar-refractivity contribution in [3.63, 3.8) is 0 Å². The van der Waals surface area contributed by atoms with Crippen LogP contribution in [0.2, 0.25) is 0 Å². The molecule has 0 atom stereocenters. The summed E-state index contributed by atoms with van der Waals surface area (Å²) in [4.78, 5) is 22.1. The number of hydrogen-bond donors (Lipinski definition) is 0. The summed E-state index contributed by atoms with van der Waals surface area (Å²) >= 11 is 0. The second-order valence-electron chi connectivity index (χ2n) is 5.91. The van der Waals surface area contributed by atoms with Gasteiger partial charge in [-0.25, -0.2) is 4.39 Å². The molecule has 0 unspecified atom stereocenters. The van der Waals surface area contributed by atoms with Crippen molar-refractivity contribution in [3.8, 4) is 17.1 Å². The number of carbonyl (C=O) groups excluding carboxylic acids is 1. The molecule has 0 radical (unpaired) electrons. The largest absolute Gasteiger partial charge is 0.481 e. The van der Waals surface area contributed by atoms with Crippen LogP contribution in [0.3, 0.4) is 0 Å². The molecule has 1 aromatic carbocycles. The maximum absolute atomic E-state index is 13.5. The summed E-state index contributed by atoms with van der Waals surface area (Å²) in [6.45, 7) is 0.731. The molecular weight excluding hydrogens is 339 g/mol. The lowest BCUT2D eigenvalue weighted by molar-refractivity contribution is -0.138. The highest BCUT2D eigenvalue weighted by molar-refractivity contribution is 5.78. The maximum atomic E-state index is 13.5. The van der Waals surface area contributed by atoms with E-state index in [2.05, 4.69) is 15.1 Å². The van der Waals surface area contributed by atoms with Crippen molar-refractivity contribution >= 4 is 5.91 Å². The number of rotatable bonds is 5. The van der Waals surface area contributed by atoms with Gasteiger partial charge < -0.3 is 14.2 Å². The van der Waals surface area contributed by atoms with Gasteiger partial charge in [0.25, 0.3) is 5.91 Å². The number of ether oxygens (including phenoxy) is 1. The van der Waals surface area contributed by atoms with E-state index in [0.29, 0.717) is 24.8 Å². The minimum absolute atomic E-state index is 0.00417. The molecule has 0 aliphatic carbocycles. The predicted molar refractivity (Wildman–Crippen MR) is 88.7 cm³/mol. The molecule has 7 nitrogen and oxygen atoms in total. The van der Waals surface area contributed by atoms with E-state index in [1.165, 1.54) is 12.1 Å². The number of likely N-dealkylation sites (tertiary alicyclic amines) is 1. The third-order valence-electron chi connectivity index (χ3n) is 4.15. The van der Waals surface area contributed by atoms with Gasteiger partial charge in [0.2, 0.25) is 11.7 Å². The van der Waals surface area contributed by atoms with Gasteiger partial charge in [0.05, 0.1) is 5.92 Å². The lowest BCUT2D eigenvalue weighted by Gasteiger charge is -2.36. The van der Waals surface area contributed by atoms with E-state index in [4.69, 9.17) is 9.26 Å². The summed E-state index contributed by atoms with van der Waals surface area (Å²) in [6.07, 6.45) is 3.31. The van der Waals surface area contributed by atoms with Crippen molar-refractivity contribution in [3.05, 3.63) is 60.5 Å². The first-order valence-electron chi connectivity index (χ1n) is 8.10. The van der Waals surface area contributed by atoms with Crippen molar-refractivity contribution < 1.29 is 18.4 Å². The van der Waals surface area contributed by atoms with Gasteiger partial charge in [-0.2, -0.15) is 4.98 Å². The predicted octanol–water partition coefficient (Wildman–Crippen LogP) is 2.28. The Balaban J connectivity index is 1.31. The second-order valence-corrected chi connectivity index (χ2v) is 5.91. The average molecular weight is 354 g/mol. The molecule has 1 fully saturated rings. The lowest BCUT2D eigenvalue weighted by Crippen LogP contribution is -2.50. The van der Waals surface area contributed by atoms with Crippen molar-refractivity contribution in [1.29, 1.82) is 0 Å². The zero-order chi connectivity index (χ0) is 17.9. The Kier molecular flexibility index (Phi) is 4.30. The Hall–Kier alpha value is -3.29. The summed E-state index contributed by atoms with van der Waals surface area (Å²) in [5.74, 6) is 0.355. The zero-order valence-corrected chi connectivity index (χ0v) is 13.7. The summed E-state index contributed by atoms with van der Waals surface area (Å²) in [6, 6.07) is 9.58. The van der Waals surface area contributed by atoms with E-state index in [0.717, 1.165) is 5.56 Å². The highest BCUT2D eigenvalue weighted by Gasteiger charge is 2.35. The SMILES string of the molecule is O=C(COc1ccccc1F)N1CC(c2nc(-c3ccncc3)no2)C1.